The summed E-state index contributed by atoms with van der Waals surface area (Å²) in [6.45, 7) is 4.11. The van der Waals surface area contributed by atoms with Gasteiger partial charge in [0.05, 0.1) is 12.3 Å². The SMILES string of the molecule is CCOc1ccccc1-c1cc(C(=O)N2CCC(N(C)C)CC2)[nH]n1. The second-order valence-electron chi connectivity index (χ2n) is 6.58. The Bertz CT molecular complexity index is 718. The number of piperidine rings is 1. The number of H-pyrrole nitrogens is 1. The second-order valence-corrected chi connectivity index (χ2v) is 6.58. The van der Waals surface area contributed by atoms with Gasteiger partial charge in [0.15, 0.2) is 0 Å². The van der Waals surface area contributed by atoms with Crippen LogP contribution in [0.4, 0.5) is 0 Å². The standard InChI is InChI=1S/C19H26N4O2/c1-4-25-18-8-6-5-7-15(18)16-13-17(21-20-16)19(24)23-11-9-14(10-12-23)22(2)3/h5-8,13-14H,4,9-12H2,1-3H3,(H,20,21). The van der Waals surface area contributed by atoms with E-state index < -0.39 is 0 Å². The first kappa shape index (κ1) is 17.5. The number of benzene rings is 1. The van der Waals surface area contributed by atoms with Crippen molar-refractivity contribution >= 4 is 5.91 Å². The highest BCUT2D eigenvalue weighted by atomic mass is 16.5. The third-order valence-electron chi connectivity index (χ3n) is 4.75. The number of amides is 1. The molecule has 1 aromatic heterocycles. The number of aromatic nitrogens is 2. The largest absolute Gasteiger partial charge is 0.493 e. The zero-order valence-electron chi connectivity index (χ0n) is 15.2. The van der Waals surface area contributed by atoms with Gasteiger partial charge in [-0.25, -0.2) is 0 Å². The van der Waals surface area contributed by atoms with Crippen LogP contribution in [0.1, 0.15) is 30.3 Å². The number of aromatic amines is 1. The molecule has 0 aliphatic carbocycles. The predicted molar refractivity (Wildman–Crippen MR) is 97.8 cm³/mol. The van der Waals surface area contributed by atoms with E-state index in [-0.39, 0.29) is 5.91 Å². The molecular formula is C19H26N4O2. The summed E-state index contributed by atoms with van der Waals surface area (Å²) in [4.78, 5) is 16.9. The quantitative estimate of drug-likeness (QED) is 0.907. The average Bonchev–Trinajstić information content (AvgIpc) is 3.12. The summed E-state index contributed by atoms with van der Waals surface area (Å²) in [5, 5.41) is 7.23. The fraction of sp³-hybridized carbons (Fsp3) is 0.474. The molecule has 0 unspecified atom stereocenters. The molecule has 134 valence electrons. The first-order valence-electron chi connectivity index (χ1n) is 8.83. The van der Waals surface area contributed by atoms with E-state index in [1.165, 1.54) is 0 Å². The molecule has 0 saturated carbocycles. The van der Waals surface area contributed by atoms with E-state index in [2.05, 4.69) is 29.2 Å². The Morgan fingerprint density at radius 1 is 1.32 bits per heavy atom. The normalized spacial score (nSPS) is 15.6. The Morgan fingerprint density at radius 3 is 2.72 bits per heavy atom. The van der Waals surface area contributed by atoms with Crippen LogP contribution in [0, 0.1) is 0 Å². The number of hydrogen-bond donors (Lipinski definition) is 1. The van der Waals surface area contributed by atoms with Crippen LogP contribution in [0.5, 0.6) is 5.75 Å². The molecule has 1 N–H and O–H groups in total. The number of rotatable bonds is 5. The molecule has 1 fully saturated rings. The maximum absolute atomic E-state index is 12.7. The summed E-state index contributed by atoms with van der Waals surface area (Å²) in [7, 11) is 4.19. The van der Waals surface area contributed by atoms with Crippen molar-refractivity contribution in [1.82, 2.24) is 20.0 Å². The van der Waals surface area contributed by atoms with E-state index in [9.17, 15) is 4.79 Å². The van der Waals surface area contributed by atoms with E-state index in [0.29, 0.717) is 18.3 Å². The summed E-state index contributed by atoms with van der Waals surface area (Å²) in [6, 6.07) is 10.1. The Balaban J connectivity index is 1.73. The third-order valence-corrected chi connectivity index (χ3v) is 4.75. The van der Waals surface area contributed by atoms with Gasteiger partial charge in [0.2, 0.25) is 0 Å². The molecule has 1 aliphatic rings. The number of nitrogens with zero attached hydrogens (tertiary/aromatic N) is 3. The smallest absolute Gasteiger partial charge is 0.271 e. The van der Waals surface area contributed by atoms with Crippen molar-refractivity contribution in [2.24, 2.45) is 0 Å². The second kappa shape index (κ2) is 7.70. The Hall–Kier alpha value is -2.34. The van der Waals surface area contributed by atoms with Crippen LogP contribution in [0.2, 0.25) is 0 Å². The molecule has 1 aromatic carbocycles. The van der Waals surface area contributed by atoms with Crippen LogP contribution in [-0.4, -0.2) is 65.7 Å². The molecule has 1 saturated heterocycles. The summed E-state index contributed by atoms with van der Waals surface area (Å²) < 4.78 is 5.66. The average molecular weight is 342 g/mol. The predicted octanol–water partition coefficient (Wildman–Crippen LogP) is 2.64. The lowest BCUT2D eigenvalue weighted by molar-refractivity contribution is 0.0657. The van der Waals surface area contributed by atoms with E-state index in [4.69, 9.17) is 4.74 Å². The summed E-state index contributed by atoms with van der Waals surface area (Å²) in [5.74, 6) is 0.798. The Labute approximate surface area is 148 Å². The lowest BCUT2D eigenvalue weighted by Gasteiger charge is -2.34. The molecule has 3 rings (SSSR count). The van der Waals surface area contributed by atoms with Gasteiger partial charge in [-0.3, -0.25) is 9.89 Å². The van der Waals surface area contributed by atoms with Crippen molar-refractivity contribution < 1.29 is 9.53 Å². The van der Waals surface area contributed by atoms with Crippen molar-refractivity contribution in [3.63, 3.8) is 0 Å². The molecule has 0 atom stereocenters. The van der Waals surface area contributed by atoms with E-state index in [1.807, 2.05) is 42.2 Å². The number of likely N-dealkylation sites (tertiary alicyclic amines) is 1. The molecule has 0 bridgehead atoms. The van der Waals surface area contributed by atoms with Crippen molar-refractivity contribution in [1.29, 1.82) is 0 Å². The minimum atomic E-state index is 0.0184. The number of carbonyl (C=O) groups excluding carboxylic acids is 1. The van der Waals surface area contributed by atoms with Gasteiger partial charge in [0.25, 0.3) is 5.91 Å². The first-order chi connectivity index (χ1) is 12.1. The molecule has 25 heavy (non-hydrogen) atoms. The summed E-state index contributed by atoms with van der Waals surface area (Å²) in [5.41, 5.74) is 2.16. The molecule has 0 spiro atoms. The van der Waals surface area contributed by atoms with Crippen molar-refractivity contribution in [3.8, 4) is 17.0 Å². The van der Waals surface area contributed by atoms with Crippen LogP contribution in [0.3, 0.4) is 0 Å². The van der Waals surface area contributed by atoms with Gasteiger partial charge in [-0.15, -0.1) is 0 Å². The Kier molecular flexibility index (Phi) is 5.38. The fourth-order valence-electron chi connectivity index (χ4n) is 3.28. The topological polar surface area (TPSA) is 61.5 Å². The molecule has 6 heteroatoms. The van der Waals surface area contributed by atoms with Crippen molar-refractivity contribution in [3.05, 3.63) is 36.0 Å². The monoisotopic (exact) mass is 342 g/mol. The van der Waals surface area contributed by atoms with Crippen LogP contribution in [-0.2, 0) is 0 Å². The van der Waals surface area contributed by atoms with Crippen molar-refractivity contribution in [2.45, 2.75) is 25.8 Å². The fourth-order valence-corrected chi connectivity index (χ4v) is 3.28. The zero-order chi connectivity index (χ0) is 17.8. The van der Waals surface area contributed by atoms with Gasteiger partial charge in [0.1, 0.15) is 11.4 Å². The van der Waals surface area contributed by atoms with Crippen LogP contribution in [0.15, 0.2) is 30.3 Å². The molecule has 0 radical (unpaired) electrons. The summed E-state index contributed by atoms with van der Waals surface area (Å²) >= 11 is 0. The first-order valence-corrected chi connectivity index (χ1v) is 8.83. The van der Waals surface area contributed by atoms with Gasteiger partial charge in [-0.05, 0) is 52.1 Å². The number of nitrogens with one attached hydrogen (secondary N) is 1. The van der Waals surface area contributed by atoms with Crippen LogP contribution in [0.25, 0.3) is 11.3 Å². The number of para-hydroxylation sites is 1. The highest BCUT2D eigenvalue weighted by Crippen LogP contribution is 2.29. The molecule has 2 aromatic rings. The van der Waals surface area contributed by atoms with Gasteiger partial charge in [-0.1, -0.05) is 12.1 Å². The van der Waals surface area contributed by atoms with Crippen LogP contribution < -0.4 is 4.74 Å². The highest BCUT2D eigenvalue weighted by Gasteiger charge is 2.26. The van der Waals surface area contributed by atoms with Gasteiger partial charge < -0.3 is 14.5 Å². The van der Waals surface area contributed by atoms with Gasteiger partial charge in [0, 0.05) is 24.7 Å². The third kappa shape index (κ3) is 3.85. The van der Waals surface area contributed by atoms with E-state index in [1.54, 1.807) is 0 Å². The minimum Gasteiger partial charge on any atom is -0.493 e. The molecule has 2 heterocycles. The van der Waals surface area contributed by atoms with Crippen molar-refractivity contribution in [2.75, 3.05) is 33.8 Å². The molecular weight excluding hydrogens is 316 g/mol. The maximum Gasteiger partial charge on any atom is 0.271 e. The summed E-state index contributed by atoms with van der Waals surface area (Å²) in [6.07, 6.45) is 2.01. The minimum absolute atomic E-state index is 0.0184. The molecule has 6 nitrogen and oxygen atoms in total. The lowest BCUT2D eigenvalue weighted by Crippen LogP contribution is -2.44. The molecule has 1 amide bonds. The number of hydrogen-bond acceptors (Lipinski definition) is 4. The maximum atomic E-state index is 12.7. The zero-order valence-corrected chi connectivity index (χ0v) is 15.2. The molecule has 1 aliphatic heterocycles. The lowest BCUT2D eigenvalue weighted by atomic mass is 10.0. The van der Waals surface area contributed by atoms with Crippen LogP contribution >= 0.6 is 0 Å². The van der Waals surface area contributed by atoms with E-state index in [0.717, 1.165) is 42.9 Å². The van der Waals surface area contributed by atoms with Gasteiger partial charge in [-0.2, -0.15) is 5.10 Å². The number of carbonyl (C=O) groups is 1. The van der Waals surface area contributed by atoms with E-state index >= 15 is 0 Å². The highest BCUT2D eigenvalue weighted by molar-refractivity contribution is 5.93. The number of ether oxygens (including phenoxy) is 1. The Morgan fingerprint density at radius 2 is 2.04 bits per heavy atom. The van der Waals surface area contributed by atoms with Gasteiger partial charge >= 0.3 is 0 Å².